The summed E-state index contributed by atoms with van der Waals surface area (Å²) in [4.78, 5) is 15.2. The number of halogens is 1. The Kier molecular flexibility index (Phi) is 5.25. The number of benzene rings is 1. The van der Waals surface area contributed by atoms with Crippen molar-refractivity contribution in [1.82, 2.24) is 5.32 Å². The van der Waals surface area contributed by atoms with Gasteiger partial charge in [0.1, 0.15) is 11.5 Å². The van der Waals surface area contributed by atoms with Crippen LogP contribution in [-0.4, -0.2) is 33.3 Å². The van der Waals surface area contributed by atoms with Gasteiger partial charge in [0.05, 0.1) is 24.9 Å². The van der Waals surface area contributed by atoms with Crippen LogP contribution in [0.15, 0.2) is 17.1 Å². The third-order valence-electron chi connectivity index (χ3n) is 2.20. The summed E-state index contributed by atoms with van der Waals surface area (Å²) in [6.45, 7) is 0. The minimum atomic E-state index is -0.553. The summed E-state index contributed by atoms with van der Waals surface area (Å²) in [5, 5.41) is 5.21. The van der Waals surface area contributed by atoms with Crippen molar-refractivity contribution < 1.29 is 14.3 Å². The van der Waals surface area contributed by atoms with Crippen molar-refractivity contribution in [2.75, 3.05) is 26.6 Å². The van der Waals surface area contributed by atoms with Crippen molar-refractivity contribution in [1.29, 1.82) is 0 Å². The Bertz CT molecular complexity index is 505. The number of carbonyl (C=O) groups is 1. The largest absolute Gasteiger partial charge is 0.495 e. The second-order valence-corrected chi connectivity index (χ2v) is 3.78. The smallest absolute Gasteiger partial charge is 0.326 e. The van der Waals surface area contributed by atoms with Gasteiger partial charge in [-0.1, -0.05) is 11.6 Å². The Morgan fingerprint density at radius 1 is 1.32 bits per heavy atom. The molecule has 8 heteroatoms. The van der Waals surface area contributed by atoms with E-state index in [2.05, 4.69) is 15.6 Å². The molecule has 0 saturated carbocycles. The van der Waals surface area contributed by atoms with Gasteiger partial charge >= 0.3 is 6.03 Å². The number of hydrogen-bond donors (Lipinski definition) is 3. The van der Waals surface area contributed by atoms with E-state index in [0.717, 1.165) is 0 Å². The van der Waals surface area contributed by atoms with Gasteiger partial charge in [0, 0.05) is 13.1 Å². The number of nitrogens with one attached hydrogen (secondary N) is 2. The molecule has 0 aliphatic carbocycles. The van der Waals surface area contributed by atoms with E-state index in [-0.39, 0.29) is 5.96 Å². The minimum Gasteiger partial charge on any atom is -0.495 e. The van der Waals surface area contributed by atoms with Crippen LogP contribution in [0.5, 0.6) is 11.5 Å². The maximum atomic E-state index is 11.6. The number of aliphatic imine (C=N–C) groups is 1. The molecule has 0 heterocycles. The Labute approximate surface area is 115 Å². The molecule has 19 heavy (non-hydrogen) atoms. The van der Waals surface area contributed by atoms with Crippen LogP contribution in [0.25, 0.3) is 0 Å². The Morgan fingerprint density at radius 3 is 2.47 bits per heavy atom. The fraction of sp³-hybridized carbons (Fsp3) is 0.273. The normalized spacial score (nSPS) is 10.8. The van der Waals surface area contributed by atoms with Crippen molar-refractivity contribution >= 4 is 29.3 Å². The lowest BCUT2D eigenvalue weighted by Gasteiger charge is -2.13. The van der Waals surface area contributed by atoms with Crippen LogP contribution in [0.2, 0.25) is 5.02 Å². The molecular weight excluding hydrogens is 272 g/mol. The first kappa shape index (κ1) is 14.9. The number of ether oxygens (including phenoxy) is 2. The molecule has 1 aromatic rings. The topological polar surface area (TPSA) is 98.0 Å². The molecule has 0 atom stereocenters. The summed E-state index contributed by atoms with van der Waals surface area (Å²) >= 11 is 5.97. The van der Waals surface area contributed by atoms with Gasteiger partial charge in [-0.15, -0.1) is 0 Å². The first-order valence-electron chi connectivity index (χ1n) is 5.23. The van der Waals surface area contributed by atoms with Gasteiger partial charge in [0.25, 0.3) is 0 Å². The molecule has 2 amide bonds. The molecular formula is C11H15ClN4O3. The summed E-state index contributed by atoms with van der Waals surface area (Å²) in [5.74, 6) is 0.846. The van der Waals surface area contributed by atoms with E-state index in [1.165, 1.54) is 27.3 Å². The number of amides is 2. The van der Waals surface area contributed by atoms with Gasteiger partial charge in [0.15, 0.2) is 5.96 Å². The number of anilines is 1. The summed E-state index contributed by atoms with van der Waals surface area (Å²) < 4.78 is 10.2. The Morgan fingerprint density at radius 2 is 1.95 bits per heavy atom. The Hall–Kier alpha value is -2.15. The standard InChI is InChI=1S/C11H15ClN4O3/c1-14-10(13)16-11(17)15-7-4-6(12)8(18-2)5-9(7)19-3/h4-5H,1-3H3,(H4,13,14,15,16,17). The molecule has 0 saturated heterocycles. The number of rotatable bonds is 3. The molecule has 0 unspecified atom stereocenters. The highest BCUT2D eigenvalue weighted by molar-refractivity contribution is 6.32. The average Bonchev–Trinajstić information content (AvgIpc) is 2.38. The average molecular weight is 287 g/mol. The lowest BCUT2D eigenvalue weighted by atomic mass is 10.2. The third kappa shape index (κ3) is 3.92. The summed E-state index contributed by atoms with van der Waals surface area (Å²) in [7, 11) is 4.41. The molecule has 0 bridgehead atoms. The molecule has 4 N–H and O–H groups in total. The van der Waals surface area contributed by atoms with E-state index in [1.807, 2.05) is 0 Å². The fourth-order valence-corrected chi connectivity index (χ4v) is 1.52. The summed E-state index contributed by atoms with van der Waals surface area (Å²) in [6, 6.07) is 2.52. The fourth-order valence-electron chi connectivity index (χ4n) is 1.28. The lowest BCUT2D eigenvalue weighted by molar-refractivity contribution is 0.256. The SMILES string of the molecule is CN=C(N)NC(=O)Nc1cc(Cl)c(OC)cc1OC. The van der Waals surface area contributed by atoms with Gasteiger partial charge in [-0.05, 0) is 6.07 Å². The molecule has 0 aromatic heterocycles. The molecule has 0 aliphatic rings. The molecule has 1 aromatic carbocycles. The van der Waals surface area contributed by atoms with Crippen LogP contribution in [0.3, 0.4) is 0 Å². The van der Waals surface area contributed by atoms with E-state index in [4.69, 9.17) is 26.8 Å². The van der Waals surface area contributed by atoms with Crippen LogP contribution in [0.1, 0.15) is 0 Å². The predicted octanol–water partition coefficient (Wildman–Crippen LogP) is 1.42. The number of carbonyl (C=O) groups excluding carboxylic acids is 1. The van der Waals surface area contributed by atoms with Crippen molar-refractivity contribution in [3.63, 3.8) is 0 Å². The van der Waals surface area contributed by atoms with E-state index >= 15 is 0 Å². The number of hydrogen-bond acceptors (Lipinski definition) is 4. The van der Waals surface area contributed by atoms with Crippen molar-refractivity contribution in [3.05, 3.63) is 17.2 Å². The highest BCUT2D eigenvalue weighted by Gasteiger charge is 2.12. The van der Waals surface area contributed by atoms with Crippen LogP contribution >= 0.6 is 11.6 Å². The second kappa shape index (κ2) is 6.69. The number of guanidine groups is 1. The zero-order valence-electron chi connectivity index (χ0n) is 10.8. The minimum absolute atomic E-state index is 0.00363. The second-order valence-electron chi connectivity index (χ2n) is 3.38. The third-order valence-corrected chi connectivity index (χ3v) is 2.50. The maximum Gasteiger partial charge on any atom is 0.326 e. The maximum absolute atomic E-state index is 11.6. The van der Waals surface area contributed by atoms with Gasteiger partial charge in [-0.3, -0.25) is 10.3 Å². The highest BCUT2D eigenvalue weighted by atomic mass is 35.5. The van der Waals surface area contributed by atoms with Crippen molar-refractivity contribution in [2.24, 2.45) is 10.7 Å². The van der Waals surface area contributed by atoms with Crippen LogP contribution in [0.4, 0.5) is 10.5 Å². The highest BCUT2D eigenvalue weighted by Crippen LogP contribution is 2.35. The first-order chi connectivity index (χ1) is 9.01. The molecule has 0 aliphatic heterocycles. The lowest BCUT2D eigenvalue weighted by Crippen LogP contribution is -2.39. The van der Waals surface area contributed by atoms with Gasteiger partial charge in [0.2, 0.25) is 0 Å². The van der Waals surface area contributed by atoms with Crippen LogP contribution in [0, 0.1) is 0 Å². The number of urea groups is 1. The zero-order valence-corrected chi connectivity index (χ0v) is 11.5. The van der Waals surface area contributed by atoms with Gasteiger partial charge < -0.3 is 20.5 Å². The molecule has 0 spiro atoms. The Balaban J connectivity index is 2.94. The van der Waals surface area contributed by atoms with E-state index < -0.39 is 6.03 Å². The molecule has 0 radical (unpaired) electrons. The first-order valence-corrected chi connectivity index (χ1v) is 5.61. The van der Waals surface area contributed by atoms with Gasteiger partial charge in [-0.25, -0.2) is 4.79 Å². The van der Waals surface area contributed by atoms with E-state index in [0.29, 0.717) is 22.2 Å². The number of methoxy groups -OCH3 is 2. The monoisotopic (exact) mass is 286 g/mol. The predicted molar refractivity (Wildman–Crippen MR) is 74.3 cm³/mol. The van der Waals surface area contributed by atoms with Crippen molar-refractivity contribution in [3.8, 4) is 11.5 Å². The van der Waals surface area contributed by atoms with E-state index in [1.54, 1.807) is 6.07 Å². The number of nitrogens with zero attached hydrogens (tertiary/aromatic N) is 1. The molecule has 104 valence electrons. The summed E-state index contributed by atoms with van der Waals surface area (Å²) in [5.41, 5.74) is 5.76. The zero-order chi connectivity index (χ0) is 14.4. The molecule has 7 nitrogen and oxygen atoms in total. The molecule has 1 rings (SSSR count). The molecule has 0 fully saturated rings. The van der Waals surface area contributed by atoms with Crippen molar-refractivity contribution in [2.45, 2.75) is 0 Å². The van der Waals surface area contributed by atoms with Gasteiger partial charge in [-0.2, -0.15) is 0 Å². The van der Waals surface area contributed by atoms with E-state index in [9.17, 15) is 4.79 Å². The van der Waals surface area contributed by atoms with Crippen LogP contribution < -0.4 is 25.8 Å². The quantitative estimate of drug-likeness (QED) is 0.578. The number of nitrogens with two attached hydrogens (primary N) is 1. The summed E-state index contributed by atoms with van der Waals surface area (Å²) in [6.07, 6.45) is 0. The van der Waals surface area contributed by atoms with Crippen LogP contribution in [-0.2, 0) is 0 Å².